The normalized spacial score (nSPS) is 18.9. The van der Waals surface area contributed by atoms with Crippen LogP contribution in [-0.2, 0) is 0 Å². The third-order valence-electron chi connectivity index (χ3n) is 3.21. The smallest absolute Gasteiger partial charge is 0.115 e. The minimum absolute atomic E-state index is 0.0457. The van der Waals surface area contributed by atoms with Gasteiger partial charge in [-0.3, -0.25) is 4.39 Å². The molecule has 2 rings (SSSR count). The van der Waals surface area contributed by atoms with E-state index >= 15 is 0 Å². The molecule has 1 nitrogen and oxygen atoms in total. The highest BCUT2D eigenvalue weighted by molar-refractivity contribution is 5.29. The van der Waals surface area contributed by atoms with Crippen LogP contribution in [0.3, 0.4) is 0 Å². The molecule has 0 saturated heterocycles. The first kappa shape index (κ1) is 9.50. The van der Waals surface area contributed by atoms with Gasteiger partial charge in [-0.15, -0.1) is 0 Å². The van der Waals surface area contributed by atoms with Crippen molar-refractivity contribution in [3.05, 3.63) is 29.8 Å². The van der Waals surface area contributed by atoms with E-state index in [4.69, 9.17) is 5.11 Å². The van der Waals surface area contributed by atoms with Crippen molar-refractivity contribution in [1.29, 1.82) is 0 Å². The standard InChI is InChI=1S/C12H15FO/c13-8-12(9-2-1-3-9)10-4-6-11(14)7-5-10/h4-7,9,12,14H,1-3,8H2. The summed E-state index contributed by atoms with van der Waals surface area (Å²) in [6, 6.07) is 6.93. The number of phenolic OH excluding ortho intramolecular Hbond substituents is 1. The van der Waals surface area contributed by atoms with Gasteiger partial charge in [-0.2, -0.15) is 0 Å². The molecule has 1 saturated carbocycles. The second-order valence-electron chi connectivity index (χ2n) is 4.04. The quantitative estimate of drug-likeness (QED) is 0.783. The topological polar surface area (TPSA) is 20.2 Å². The average Bonchev–Trinajstić information content (AvgIpc) is 2.13. The molecule has 1 aliphatic carbocycles. The van der Waals surface area contributed by atoms with Gasteiger partial charge in [0.1, 0.15) is 5.75 Å². The van der Waals surface area contributed by atoms with E-state index in [1.54, 1.807) is 12.1 Å². The lowest BCUT2D eigenvalue weighted by atomic mass is 9.73. The van der Waals surface area contributed by atoms with Gasteiger partial charge in [0.15, 0.2) is 0 Å². The molecule has 0 bridgehead atoms. The van der Waals surface area contributed by atoms with Crippen LogP contribution in [0.5, 0.6) is 5.75 Å². The van der Waals surface area contributed by atoms with Gasteiger partial charge < -0.3 is 5.11 Å². The Kier molecular flexibility index (Phi) is 2.71. The van der Waals surface area contributed by atoms with Crippen LogP contribution in [0, 0.1) is 5.92 Å². The molecule has 0 spiro atoms. The molecule has 0 aliphatic heterocycles. The van der Waals surface area contributed by atoms with E-state index in [2.05, 4.69) is 0 Å². The third-order valence-corrected chi connectivity index (χ3v) is 3.21. The molecule has 0 aromatic heterocycles. The lowest BCUT2D eigenvalue weighted by Crippen LogP contribution is -2.21. The van der Waals surface area contributed by atoms with Gasteiger partial charge in [0.2, 0.25) is 0 Å². The van der Waals surface area contributed by atoms with E-state index < -0.39 is 0 Å². The molecule has 0 heterocycles. The average molecular weight is 194 g/mol. The summed E-state index contributed by atoms with van der Waals surface area (Å²) < 4.78 is 12.9. The number of alkyl halides is 1. The van der Waals surface area contributed by atoms with Crippen LogP contribution in [0.2, 0.25) is 0 Å². The van der Waals surface area contributed by atoms with Gasteiger partial charge >= 0.3 is 0 Å². The maximum Gasteiger partial charge on any atom is 0.115 e. The number of halogens is 1. The summed E-state index contributed by atoms with van der Waals surface area (Å²) in [6.45, 7) is -0.282. The predicted molar refractivity (Wildman–Crippen MR) is 54.2 cm³/mol. The summed E-state index contributed by atoms with van der Waals surface area (Å²) in [7, 11) is 0. The Bertz CT molecular complexity index is 290. The van der Waals surface area contributed by atoms with Gasteiger partial charge in [-0.25, -0.2) is 0 Å². The van der Waals surface area contributed by atoms with Crippen LogP contribution in [0.15, 0.2) is 24.3 Å². The lowest BCUT2D eigenvalue weighted by Gasteiger charge is -2.32. The fraction of sp³-hybridized carbons (Fsp3) is 0.500. The van der Waals surface area contributed by atoms with Crippen molar-refractivity contribution in [2.75, 3.05) is 6.67 Å². The Hall–Kier alpha value is -1.05. The second kappa shape index (κ2) is 3.99. The van der Waals surface area contributed by atoms with E-state index in [1.165, 1.54) is 6.42 Å². The van der Waals surface area contributed by atoms with E-state index in [1.807, 2.05) is 12.1 Å². The minimum atomic E-state index is -0.282. The van der Waals surface area contributed by atoms with Crippen molar-refractivity contribution in [1.82, 2.24) is 0 Å². The number of hydrogen-bond donors (Lipinski definition) is 1. The number of aromatic hydroxyl groups is 1. The molecule has 2 heteroatoms. The Labute approximate surface area is 83.6 Å². The molecule has 0 radical (unpaired) electrons. The maximum atomic E-state index is 12.9. The summed E-state index contributed by atoms with van der Waals surface area (Å²) in [6.07, 6.45) is 3.53. The van der Waals surface area contributed by atoms with Gasteiger partial charge in [-0.05, 0) is 36.5 Å². The van der Waals surface area contributed by atoms with Crippen LogP contribution in [0.4, 0.5) is 4.39 Å². The Morgan fingerprint density at radius 1 is 1.29 bits per heavy atom. The van der Waals surface area contributed by atoms with Crippen LogP contribution in [-0.4, -0.2) is 11.8 Å². The van der Waals surface area contributed by atoms with Crippen molar-refractivity contribution >= 4 is 0 Å². The van der Waals surface area contributed by atoms with Crippen LogP contribution >= 0.6 is 0 Å². The molecule has 1 unspecified atom stereocenters. The SMILES string of the molecule is Oc1ccc(C(CF)C2CCC2)cc1. The number of benzene rings is 1. The van der Waals surface area contributed by atoms with Crippen molar-refractivity contribution in [2.24, 2.45) is 5.92 Å². The van der Waals surface area contributed by atoms with Crippen molar-refractivity contribution in [3.63, 3.8) is 0 Å². The first-order chi connectivity index (χ1) is 6.81. The molecular weight excluding hydrogens is 179 g/mol. The fourth-order valence-corrected chi connectivity index (χ4v) is 2.05. The molecule has 1 aromatic carbocycles. The Balaban J connectivity index is 2.14. The first-order valence-electron chi connectivity index (χ1n) is 5.16. The third kappa shape index (κ3) is 1.74. The van der Waals surface area contributed by atoms with Crippen molar-refractivity contribution < 1.29 is 9.50 Å². The molecule has 1 N–H and O–H groups in total. The molecular formula is C12H15FO. The van der Waals surface area contributed by atoms with Gasteiger partial charge in [0.25, 0.3) is 0 Å². The molecule has 1 aromatic rings. The molecule has 1 atom stereocenters. The molecule has 76 valence electrons. The largest absolute Gasteiger partial charge is 0.508 e. The predicted octanol–water partition coefficient (Wildman–Crippen LogP) is 3.25. The summed E-state index contributed by atoms with van der Waals surface area (Å²) in [5, 5.41) is 9.13. The van der Waals surface area contributed by atoms with Gasteiger partial charge in [0, 0.05) is 5.92 Å². The minimum Gasteiger partial charge on any atom is -0.508 e. The second-order valence-corrected chi connectivity index (χ2v) is 4.04. The molecule has 1 aliphatic rings. The van der Waals surface area contributed by atoms with Crippen molar-refractivity contribution in [2.45, 2.75) is 25.2 Å². The van der Waals surface area contributed by atoms with Crippen LogP contribution in [0.1, 0.15) is 30.7 Å². The Morgan fingerprint density at radius 2 is 1.93 bits per heavy atom. The lowest BCUT2D eigenvalue weighted by molar-refractivity contribution is 0.227. The molecule has 0 amide bonds. The molecule has 1 fully saturated rings. The highest BCUT2D eigenvalue weighted by atomic mass is 19.1. The zero-order chi connectivity index (χ0) is 9.97. The fourth-order valence-electron chi connectivity index (χ4n) is 2.05. The maximum absolute atomic E-state index is 12.9. The summed E-state index contributed by atoms with van der Waals surface area (Å²) in [4.78, 5) is 0. The number of phenols is 1. The highest BCUT2D eigenvalue weighted by Gasteiger charge is 2.28. The monoisotopic (exact) mass is 194 g/mol. The Morgan fingerprint density at radius 3 is 2.36 bits per heavy atom. The molecule has 14 heavy (non-hydrogen) atoms. The summed E-state index contributed by atoms with van der Waals surface area (Å²) in [5.74, 6) is 0.814. The summed E-state index contributed by atoms with van der Waals surface area (Å²) >= 11 is 0. The van der Waals surface area contributed by atoms with Gasteiger partial charge in [0.05, 0.1) is 6.67 Å². The number of rotatable bonds is 3. The zero-order valence-electron chi connectivity index (χ0n) is 8.12. The van der Waals surface area contributed by atoms with Gasteiger partial charge in [-0.1, -0.05) is 18.6 Å². The van der Waals surface area contributed by atoms with E-state index in [0.29, 0.717) is 5.92 Å². The first-order valence-corrected chi connectivity index (χ1v) is 5.16. The van der Waals surface area contributed by atoms with Crippen LogP contribution < -0.4 is 0 Å². The number of hydrogen-bond acceptors (Lipinski definition) is 1. The van der Waals surface area contributed by atoms with E-state index in [-0.39, 0.29) is 18.3 Å². The highest BCUT2D eigenvalue weighted by Crippen LogP contribution is 2.39. The van der Waals surface area contributed by atoms with Crippen molar-refractivity contribution in [3.8, 4) is 5.75 Å². The summed E-state index contributed by atoms with van der Waals surface area (Å²) in [5.41, 5.74) is 1.02. The van der Waals surface area contributed by atoms with E-state index in [0.717, 1.165) is 18.4 Å². The van der Waals surface area contributed by atoms with E-state index in [9.17, 15) is 4.39 Å². The zero-order valence-corrected chi connectivity index (χ0v) is 8.12. The van der Waals surface area contributed by atoms with Crippen LogP contribution in [0.25, 0.3) is 0 Å².